The van der Waals surface area contributed by atoms with E-state index in [4.69, 9.17) is 5.73 Å². The van der Waals surface area contributed by atoms with Crippen LogP contribution in [0.5, 0.6) is 0 Å². The van der Waals surface area contributed by atoms with E-state index in [1.807, 2.05) is 0 Å². The lowest BCUT2D eigenvalue weighted by Crippen LogP contribution is -2.34. The van der Waals surface area contributed by atoms with Crippen molar-refractivity contribution in [2.75, 3.05) is 19.4 Å². The van der Waals surface area contributed by atoms with Crippen molar-refractivity contribution in [1.29, 1.82) is 0 Å². The van der Waals surface area contributed by atoms with Gasteiger partial charge in [-0.25, -0.2) is 12.7 Å². The maximum absolute atomic E-state index is 12.1. The average Bonchev–Trinajstić information content (AvgIpc) is 2.85. The Kier molecular flexibility index (Phi) is 4.65. The highest BCUT2D eigenvalue weighted by molar-refractivity contribution is 7.89. The first-order chi connectivity index (χ1) is 9.82. The number of nitrogens with zero attached hydrogens (tertiary/aromatic N) is 1. The van der Waals surface area contributed by atoms with E-state index >= 15 is 0 Å². The number of nitrogens with one attached hydrogen (secondary N) is 1. The molecule has 1 aliphatic carbocycles. The molecule has 1 aliphatic rings. The molecule has 1 saturated carbocycles. The molecule has 7 heteroatoms. The SMILES string of the molecule is CN(C)S(=O)(=O)c1ccc(NC(=O)C2CCCC2N)cc1. The lowest BCUT2D eigenvalue weighted by atomic mass is 10.0. The molecule has 0 radical (unpaired) electrons. The van der Waals surface area contributed by atoms with Crippen LogP contribution in [0.3, 0.4) is 0 Å². The van der Waals surface area contributed by atoms with Crippen molar-refractivity contribution in [3.05, 3.63) is 24.3 Å². The highest BCUT2D eigenvalue weighted by Gasteiger charge is 2.30. The van der Waals surface area contributed by atoms with Crippen LogP contribution in [0, 0.1) is 5.92 Å². The normalized spacial score (nSPS) is 22.5. The zero-order valence-corrected chi connectivity index (χ0v) is 13.1. The summed E-state index contributed by atoms with van der Waals surface area (Å²) < 4.78 is 25.0. The van der Waals surface area contributed by atoms with Crippen LogP contribution >= 0.6 is 0 Å². The summed E-state index contributed by atoms with van der Waals surface area (Å²) in [6.45, 7) is 0. The van der Waals surface area contributed by atoms with Gasteiger partial charge in [-0.3, -0.25) is 4.79 Å². The minimum Gasteiger partial charge on any atom is -0.327 e. The summed E-state index contributed by atoms with van der Waals surface area (Å²) in [5, 5.41) is 2.79. The molecule has 21 heavy (non-hydrogen) atoms. The third kappa shape index (κ3) is 3.42. The summed E-state index contributed by atoms with van der Waals surface area (Å²) in [6, 6.07) is 6.07. The zero-order valence-electron chi connectivity index (χ0n) is 12.2. The summed E-state index contributed by atoms with van der Waals surface area (Å²) in [5.41, 5.74) is 6.48. The predicted octanol–water partition coefficient (Wildman–Crippen LogP) is 1.00. The van der Waals surface area contributed by atoms with Gasteiger partial charge in [0.25, 0.3) is 0 Å². The summed E-state index contributed by atoms with van der Waals surface area (Å²) in [4.78, 5) is 12.3. The molecule has 3 N–H and O–H groups in total. The number of anilines is 1. The van der Waals surface area contributed by atoms with Crippen molar-refractivity contribution in [1.82, 2.24) is 4.31 Å². The van der Waals surface area contributed by atoms with Gasteiger partial charge in [0.05, 0.1) is 10.8 Å². The molecule has 1 amide bonds. The fourth-order valence-corrected chi connectivity index (χ4v) is 3.37. The second-order valence-corrected chi connectivity index (χ2v) is 7.65. The first-order valence-electron chi connectivity index (χ1n) is 6.91. The molecule has 0 saturated heterocycles. The number of carbonyl (C=O) groups excluding carboxylic acids is 1. The molecule has 2 rings (SSSR count). The highest BCUT2D eigenvalue weighted by atomic mass is 32.2. The maximum atomic E-state index is 12.1. The van der Waals surface area contributed by atoms with Gasteiger partial charge >= 0.3 is 0 Å². The molecular formula is C14H21N3O3S. The molecular weight excluding hydrogens is 290 g/mol. The van der Waals surface area contributed by atoms with Crippen LogP contribution in [-0.2, 0) is 14.8 Å². The number of rotatable bonds is 4. The largest absolute Gasteiger partial charge is 0.327 e. The van der Waals surface area contributed by atoms with Crippen molar-refractivity contribution in [3.63, 3.8) is 0 Å². The Morgan fingerprint density at radius 2 is 1.86 bits per heavy atom. The van der Waals surface area contributed by atoms with Crippen LogP contribution in [-0.4, -0.2) is 38.8 Å². The molecule has 0 bridgehead atoms. The highest BCUT2D eigenvalue weighted by Crippen LogP contribution is 2.25. The van der Waals surface area contributed by atoms with Crippen LogP contribution in [0.2, 0.25) is 0 Å². The molecule has 6 nitrogen and oxygen atoms in total. The third-order valence-corrected chi connectivity index (χ3v) is 5.64. The molecule has 0 spiro atoms. The number of benzene rings is 1. The van der Waals surface area contributed by atoms with Gasteiger partial charge in [-0.15, -0.1) is 0 Å². The first kappa shape index (κ1) is 15.9. The van der Waals surface area contributed by atoms with Gasteiger partial charge in [-0.2, -0.15) is 0 Å². The quantitative estimate of drug-likeness (QED) is 0.867. The smallest absolute Gasteiger partial charge is 0.242 e. The summed E-state index contributed by atoms with van der Waals surface area (Å²) in [7, 11) is -0.489. The number of sulfonamides is 1. The Morgan fingerprint density at radius 3 is 2.33 bits per heavy atom. The molecule has 1 aromatic rings. The molecule has 2 unspecified atom stereocenters. The van der Waals surface area contributed by atoms with Crippen LogP contribution in [0.25, 0.3) is 0 Å². The number of carbonyl (C=O) groups is 1. The third-order valence-electron chi connectivity index (χ3n) is 3.81. The van der Waals surface area contributed by atoms with E-state index < -0.39 is 10.0 Å². The number of hydrogen-bond donors (Lipinski definition) is 2. The van der Waals surface area contributed by atoms with E-state index in [9.17, 15) is 13.2 Å². The number of amides is 1. The fraction of sp³-hybridized carbons (Fsp3) is 0.500. The van der Waals surface area contributed by atoms with E-state index in [2.05, 4.69) is 5.32 Å². The van der Waals surface area contributed by atoms with Gasteiger partial charge in [0, 0.05) is 25.8 Å². The van der Waals surface area contributed by atoms with Gasteiger partial charge in [0.15, 0.2) is 0 Å². The fourth-order valence-electron chi connectivity index (χ4n) is 2.47. The molecule has 116 valence electrons. The summed E-state index contributed by atoms with van der Waals surface area (Å²) >= 11 is 0. The molecule has 1 fully saturated rings. The van der Waals surface area contributed by atoms with Crippen molar-refractivity contribution < 1.29 is 13.2 Å². The monoisotopic (exact) mass is 311 g/mol. The van der Waals surface area contributed by atoms with E-state index in [0.717, 1.165) is 23.6 Å². The lowest BCUT2D eigenvalue weighted by molar-refractivity contribution is -0.120. The van der Waals surface area contributed by atoms with Crippen molar-refractivity contribution in [2.45, 2.75) is 30.2 Å². The average molecular weight is 311 g/mol. The van der Waals surface area contributed by atoms with Crippen LogP contribution < -0.4 is 11.1 Å². The number of nitrogens with two attached hydrogens (primary N) is 1. The van der Waals surface area contributed by atoms with E-state index in [1.165, 1.54) is 26.2 Å². The Labute approximate surface area is 125 Å². The van der Waals surface area contributed by atoms with Gasteiger partial charge < -0.3 is 11.1 Å². The maximum Gasteiger partial charge on any atom is 0.242 e. The lowest BCUT2D eigenvalue weighted by Gasteiger charge is -2.16. The van der Waals surface area contributed by atoms with E-state index in [-0.39, 0.29) is 22.8 Å². The van der Waals surface area contributed by atoms with Crippen molar-refractivity contribution in [3.8, 4) is 0 Å². The van der Waals surface area contributed by atoms with E-state index in [0.29, 0.717) is 5.69 Å². The Bertz CT molecular complexity index is 611. The van der Waals surface area contributed by atoms with Gasteiger partial charge in [0.2, 0.25) is 15.9 Å². The summed E-state index contributed by atoms with van der Waals surface area (Å²) in [5.74, 6) is -0.251. The van der Waals surface area contributed by atoms with Crippen LogP contribution in [0.4, 0.5) is 5.69 Å². The first-order valence-corrected chi connectivity index (χ1v) is 8.35. The molecule has 0 aliphatic heterocycles. The van der Waals surface area contributed by atoms with Gasteiger partial charge in [0.1, 0.15) is 0 Å². The summed E-state index contributed by atoms with van der Waals surface area (Å²) in [6.07, 6.45) is 2.65. The minimum atomic E-state index is -3.45. The molecule has 0 heterocycles. The van der Waals surface area contributed by atoms with Gasteiger partial charge in [-0.05, 0) is 37.1 Å². The van der Waals surface area contributed by atoms with Crippen molar-refractivity contribution in [2.24, 2.45) is 11.7 Å². The number of hydrogen-bond acceptors (Lipinski definition) is 4. The Balaban J connectivity index is 2.08. The second kappa shape index (κ2) is 6.13. The topological polar surface area (TPSA) is 92.5 Å². The predicted molar refractivity (Wildman–Crippen MR) is 81.3 cm³/mol. The molecule has 0 aromatic heterocycles. The van der Waals surface area contributed by atoms with Gasteiger partial charge in [-0.1, -0.05) is 6.42 Å². The molecule has 1 aromatic carbocycles. The molecule has 2 atom stereocenters. The van der Waals surface area contributed by atoms with Crippen LogP contribution in [0.1, 0.15) is 19.3 Å². The zero-order chi connectivity index (χ0) is 15.6. The Hall–Kier alpha value is -1.44. The standard InChI is InChI=1S/C14H21N3O3S/c1-17(2)21(19,20)11-8-6-10(7-9-11)16-14(18)12-4-3-5-13(12)15/h6-9,12-13H,3-5,15H2,1-2H3,(H,16,18). The van der Waals surface area contributed by atoms with E-state index in [1.54, 1.807) is 12.1 Å². The van der Waals surface area contributed by atoms with Crippen molar-refractivity contribution >= 4 is 21.6 Å². The second-order valence-electron chi connectivity index (χ2n) is 5.50. The Morgan fingerprint density at radius 1 is 1.24 bits per heavy atom. The van der Waals surface area contributed by atoms with Crippen LogP contribution in [0.15, 0.2) is 29.2 Å². The minimum absolute atomic E-state index is 0.0848.